The molecular formula is C28H41N7O2. The van der Waals surface area contributed by atoms with E-state index in [1.54, 1.807) is 17.3 Å². The smallest absolute Gasteiger partial charge is 0.321 e. The molecule has 1 N–H and O–H groups in total. The van der Waals surface area contributed by atoms with Gasteiger partial charge < -0.3 is 19.9 Å². The van der Waals surface area contributed by atoms with Gasteiger partial charge >= 0.3 is 6.03 Å². The molecule has 3 aliphatic rings. The van der Waals surface area contributed by atoms with Crippen molar-refractivity contribution < 1.29 is 9.53 Å². The van der Waals surface area contributed by atoms with Gasteiger partial charge in [0, 0.05) is 58.0 Å². The van der Waals surface area contributed by atoms with Crippen LogP contribution in [0, 0.1) is 5.92 Å². The number of nitrogens with one attached hydrogen (secondary N) is 1. The molecular weight excluding hydrogens is 466 g/mol. The summed E-state index contributed by atoms with van der Waals surface area (Å²) in [6.07, 6.45) is 7.42. The van der Waals surface area contributed by atoms with Crippen molar-refractivity contribution in [3.8, 4) is 0 Å². The molecule has 2 atom stereocenters. The van der Waals surface area contributed by atoms with Crippen LogP contribution in [-0.4, -0.2) is 98.9 Å². The van der Waals surface area contributed by atoms with E-state index >= 15 is 0 Å². The highest BCUT2D eigenvalue weighted by Crippen LogP contribution is 2.38. The molecule has 200 valence electrons. The standard InChI is InChI=1S/C28H41N7O2/c1-32-14-16-34(17-15-32)26-30-19-25(20-31-26)35-13-6-10-28(11-12-29-27(35)36,24-7-4-3-5-8-24)33(2)21-23-9-18-37-22-23/h3-5,7-8,19-20,23H,6,9-18,21-22H2,1-2H3,(H,29,36)/t23?,28-/m0/s1. The summed E-state index contributed by atoms with van der Waals surface area (Å²) in [6.45, 7) is 7.77. The van der Waals surface area contributed by atoms with Gasteiger partial charge in [-0.15, -0.1) is 0 Å². The number of piperazine rings is 1. The molecule has 1 aromatic heterocycles. The SMILES string of the molecule is CN1CCN(c2ncc(N3CCC[C@](c4ccccc4)(N(C)CC4CCOC4)CCNC3=O)cn2)CC1. The number of carbonyl (C=O) groups excluding carboxylic acids is 1. The number of ether oxygens (including phenoxy) is 1. The number of hydrogen-bond acceptors (Lipinski definition) is 7. The van der Waals surface area contributed by atoms with Crippen LogP contribution in [0.4, 0.5) is 16.4 Å². The lowest BCUT2D eigenvalue weighted by molar-refractivity contribution is 0.0733. The van der Waals surface area contributed by atoms with Crippen LogP contribution >= 0.6 is 0 Å². The Morgan fingerprint density at radius 1 is 1.08 bits per heavy atom. The van der Waals surface area contributed by atoms with Crippen LogP contribution in [0.25, 0.3) is 0 Å². The van der Waals surface area contributed by atoms with Crippen LogP contribution in [0.2, 0.25) is 0 Å². The van der Waals surface area contributed by atoms with Crippen LogP contribution in [0.5, 0.6) is 0 Å². The monoisotopic (exact) mass is 507 g/mol. The van der Waals surface area contributed by atoms with Crippen LogP contribution in [-0.2, 0) is 10.3 Å². The first kappa shape index (κ1) is 25.9. The number of likely N-dealkylation sites (N-methyl/N-ethyl adjacent to an activating group) is 1. The molecule has 0 spiro atoms. The normalized spacial score (nSPS) is 26.0. The summed E-state index contributed by atoms with van der Waals surface area (Å²) in [5.74, 6) is 1.29. The Labute approximate surface area is 220 Å². The van der Waals surface area contributed by atoms with Crippen LogP contribution < -0.4 is 15.1 Å². The van der Waals surface area contributed by atoms with E-state index in [0.717, 1.165) is 83.3 Å². The summed E-state index contributed by atoms with van der Waals surface area (Å²) in [4.78, 5) is 31.4. The number of hydrogen-bond donors (Lipinski definition) is 1. The number of benzene rings is 1. The molecule has 2 aromatic rings. The Morgan fingerprint density at radius 2 is 1.84 bits per heavy atom. The molecule has 1 aromatic carbocycles. The van der Waals surface area contributed by atoms with Gasteiger partial charge in [-0.25, -0.2) is 14.8 Å². The Balaban J connectivity index is 1.32. The number of carbonyl (C=O) groups is 1. The van der Waals surface area contributed by atoms with Crippen molar-refractivity contribution in [2.45, 2.75) is 31.2 Å². The van der Waals surface area contributed by atoms with Gasteiger partial charge in [-0.05, 0) is 51.3 Å². The molecule has 0 radical (unpaired) electrons. The predicted molar refractivity (Wildman–Crippen MR) is 146 cm³/mol. The summed E-state index contributed by atoms with van der Waals surface area (Å²) in [7, 11) is 4.38. The lowest BCUT2D eigenvalue weighted by atomic mass is 9.80. The molecule has 9 nitrogen and oxygen atoms in total. The fourth-order valence-corrected chi connectivity index (χ4v) is 6.03. The number of anilines is 2. The van der Waals surface area contributed by atoms with Gasteiger partial charge in [0.1, 0.15) is 0 Å². The second-order valence-corrected chi connectivity index (χ2v) is 10.8. The van der Waals surface area contributed by atoms with Gasteiger partial charge in [0.25, 0.3) is 0 Å². The molecule has 3 fully saturated rings. The topological polar surface area (TPSA) is 77.1 Å². The lowest BCUT2D eigenvalue weighted by Crippen LogP contribution is -2.48. The van der Waals surface area contributed by atoms with E-state index in [9.17, 15) is 4.79 Å². The van der Waals surface area contributed by atoms with Crippen molar-refractivity contribution >= 4 is 17.7 Å². The second-order valence-electron chi connectivity index (χ2n) is 10.8. The quantitative estimate of drug-likeness (QED) is 0.644. The van der Waals surface area contributed by atoms with E-state index in [1.807, 2.05) is 0 Å². The van der Waals surface area contributed by atoms with E-state index in [-0.39, 0.29) is 11.6 Å². The van der Waals surface area contributed by atoms with Gasteiger partial charge in [0.15, 0.2) is 0 Å². The minimum Gasteiger partial charge on any atom is -0.381 e. The summed E-state index contributed by atoms with van der Waals surface area (Å²) in [5, 5.41) is 3.19. The van der Waals surface area contributed by atoms with E-state index in [2.05, 4.69) is 74.4 Å². The molecule has 0 bridgehead atoms. The number of urea groups is 1. The van der Waals surface area contributed by atoms with E-state index in [1.165, 1.54) is 5.56 Å². The summed E-state index contributed by atoms with van der Waals surface area (Å²) in [6, 6.07) is 10.7. The molecule has 5 rings (SSSR count). The highest BCUT2D eigenvalue weighted by Gasteiger charge is 2.38. The fourth-order valence-electron chi connectivity index (χ4n) is 6.03. The molecule has 37 heavy (non-hydrogen) atoms. The maximum Gasteiger partial charge on any atom is 0.321 e. The van der Waals surface area contributed by atoms with Gasteiger partial charge in [-0.2, -0.15) is 0 Å². The highest BCUT2D eigenvalue weighted by molar-refractivity contribution is 5.91. The average Bonchev–Trinajstić information content (AvgIpc) is 3.46. The maximum absolute atomic E-state index is 13.3. The Kier molecular flexibility index (Phi) is 8.22. The van der Waals surface area contributed by atoms with Crippen LogP contribution in [0.15, 0.2) is 42.7 Å². The summed E-state index contributed by atoms with van der Waals surface area (Å²) >= 11 is 0. The molecule has 4 heterocycles. The van der Waals surface area contributed by atoms with Crippen molar-refractivity contribution in [3.63, 3.8) is 0 Å². The minimum atomic E-state index is -0.144. The third-order valence-corrected chi connectivity index (χ3v) is 8.35. The van der Waals surface area contributed by atoms with Gasteiger partial charge in [0.2, 0.25) is 5.95 Å². The zero-order valence-corrected chi connectivity index (χ0v) is 22.3. The first-order chi connectivity index (χ1) is 18.0. The Bertz CT molecular complexity index is 1010. The van der Waals surface area contributed by atoms with Crippen molar-refractivity contribution in [3.05, 3.63) is 48.3 Å². The molecule has 9 heteroatoms. The van der Waals surface area contributed by atoms with Crippen LogP contribution in [0.3, 0.4) is 0 Å². The van der Waals surface area contributed by atoms with E-state index < -0.39 is 0 Å². The fraction of sp³-hybridized carbons (Fsp3) is 0.607. The van der Waals surface area contributed by atoms with Gasteiger partial charge in [-0.3, -0.25) is 9.80 Å². The first-order valence-corrected chi connectivity index (χ1v) is 13.7. The summed E-state index contributed by atoms with van der Waals surface area (Å²) < 4.78 is 5.67. The molecule has 2 amide bonds. The van der Waals surface area contributed by atoms with Gasteiger partial charge in [-0.1, -0.05) is 30.3 Å². The lowest BCUT2D eigenvalue weighted by Gasteiger charge is -2.44. The largest absolute Gasteiger partial charge is 0.381 e. The Morgan fingerprint density at radius 3 is 2.54 bits per heavy atom. The zero-order valence-electron chi connectivity index (χ0n) is 22.3. The second kappa shape index (κ2) is 11.8. The third-order valence-electron chi connectivity index (χ3n) is 8.35. The van der Waals surface area contributed by atoms with Crippen molar-refractivity contribution in [2.24, 2.45) is 5.92 Å². The summed E-state index contributed by atoms with van der Waals surface area (Å²) in [5.41, 5.74) is 1.92. The molecule has 0 saturated carbocycles. The molecule has 1 unspecified atom stereocenters. The zero-order chi connectivity index (χ0) is 25.7. The average molecular weight is 508 g/mol. The van der Waals surface area contributed by atoms with Crippen molar-refractivity contribution in [2.75, 3.05) is 82.9 Å². The molecule has 3 aliphatic heterocycles. The van der Waals surface area contributed by atoms with E-state index in [4.69, 9.17) is 4.74 Å². The van der Waals surface area contributed by atoms with Crippen LogP contribution in [0.1, 0.15) is 31.2 Å². The highest BCUT2D eigenvalue weighted by atomic mass is 16.5. The van der Waals surface area contributed by atoms with E-state index in [0.29, 0.717) is 19.0 Å². The molecule has 3 saturated heterocycles. The number of aromatic nitrogens is 2. The van der Waals surface area contributed by atoms with Crippen molar-refractivity contribution in [1.82, 2.24) is 25.1 Å². The van der Waals surface area contributed by atoms with Gasteiger partial charge in [0.05, 0.1) is 24.7 Å². The number of rotatable bonds is 6. The third kappa shape index (κ3) is 5.89. The van der Waals surface area contributed by atoms with Crippen molar-refractivity contribution in [1.29, 1.82) is 0 Å². The minimum absolute atomic E-state index is 0.0772. The number of amides is 2. The first-order valence-electron chi connectivity index (χ1n) is 13.7. The maximum atomic E-state index is 13.3. The Hall–Kier alpha value is -2.75. The number of nitrogens with zero attached hydrogens (tertiary/aromatic N) is 6. The predicted octanol–water partition coefficient (Wildman–Crippen LogP) is 2.79. The molecule has 0 aliphatic carbocycles.